The van der Waals surface area contributed by atoms with Gasteiger partial charge in [-0.1, -0.05) is 29.8 Å². The summed E-state index contributed by atoms with van der Waals surface area (Å²) in [5, 5.41) is 11.0. The van der Waals surface area contributed by atoms with Crippen molar-refractivity contribution in [1.82, 2.24) is 4.90 Å². The van der Waals surface area contributed by atoms with Crippen molar-refractivity contribution in [2.24, 2.45) is 11.8 Å². The minimum absolute atomic E-state index is 0.467. The molecule has 0 spiro atoms. The number of benzene rings is 1. The molecule has 20 heavy (non-hydrogen) atoms. The van der Waals surface area contributed by atoms with Crippen LogP contribution in [0.5, 0.6) is 0 Å². The van der Waals surface area contributed by atoms with E-state index in [1.807, 2.05) is 0 Å². The maximum atomic E-state index is 11.0. The van der Waals surface area contributed by atoms with E-state index in [0.29, 0.717) is 5.92 Å². The molecule has 1 aromatic rings. The van der Waals surface area contributed by atoms with E-state index in [-0.39, 0.29) is 0 Å². The van der Waals surface area contributed by atoms with Gasteiger partial charge in [-0.25, -0.2) is 0 Å². The maximum Gasteiger partial charge on any atom is 0.0665 e. The van der Waals surface area contributed by atoms with Gasteiger partial charge in [0, 0.05) is 12.5 Å². The van der Waals surface area contributed by atoms with Gasteiger partial charge in [-0.05, 0) is 64.1 Å². The number of hydrogen-bond donors (Lipinski definition) is 1. The average Bonchev–Trinajstić information content (AvgIpc) is 2.47. The minimum atomic E-state index is -0.520. The fourth-order valence-corrected chi connectivity index (χ4v) is 4.12. The molecule has 1 N–H and O–H groups in total. The molecule has 3 saturated heterocycles. The first-order chi connectivity index (χ1) is 9.54. The van der Waals surface area contributed by atoms with E-state index in [1.54, 1.807) is 0 Å². The third kappa shape index (κ3) is 2.91. The number of piperidine rings is 3. The number of rotatable bonds is 4. The molecule has 1 aromatic carbocycles. The van der Waals surface area contributed by atoms with Gasteiger partial charge >= 0.3 is 0 Å². The second-order valence-electron chi connectivity index (χ2n) is 7.09. The van der Waals surface area contributed by atoms with Crippen LogP contribution in [-0.4, -0.2) is 35.2 Å². The molecule has 3 aliphatic rings. The summed E-state index contributed by atoms with van der Waals surface area (Å²) in [7, 11) is 0. The van der Waals surface area contributed by atoms with Crippen molar-refractivity contribution < 1.29 is 5.11 Å². The van der Waals surface area contributed by atoms with E-state index >= 15 is 0 Å². The van der Waals surface area contributed by atoms with Gasteiger partial charge in [-0.15, -0.1) is 0 Å². The monoisotopic (exact) mass is 273 g/mol. The SMILES string of the molecule is Cc1cccc(CCC(C)(O)C2CN3CCC2CC3)c1. The summed E-state index contributed by atoms with van der Waals surface area (Å²) < 4.78 is 0. The van der Waals surface area contributed by atoms with E-state index < -0.39 is 5.60 Å². The van der Waals surface area contributed by atoms with Crippen LogP contribution in [0.2, 0.25) is 0 Å². The summed E-state index contributed by atoms with van der Waals surface area (Å²) in [5.41, 5.74) is 2.14. The summed E-state index contributed by atoms with van der Waals surface area (Å²) in [5.74, 6) is 1.21. The molecule has 3 aliphatic heterocycles. The summed E-state index contributed by atoms with van der Waals surface area (Å²) >= 11 is 0. The summed E-state index contributed by atoms with van der Waals surface area (Å²) in [6.07, 6.45) is 4.43. The van der Waals surface area contributed by atoms with Crippen LogP contribution in [0, 0.1) is 18.8 Å². The van der Waals surface area contributed by atoms with Gasteiger partial charge < -0.3 is 10.0 Å². The van der Waals surface area contributed by atoms with Crippen LogP contribution in [0.4, 0.5) is 0 Å². The molecule has 2 bridgehead atoms. The smallest absolute Gasteiger partial charge is 0.0665 e. The largest absolute Gasteiger partial charge is 0.390 e. The van der Waals surface area contributed by atoms with Crippen molar-refractivity contribution in [2.75, 3.05) is 19.6 Å². The zero-order valence-corrected chi connectivity index (χ0v) is 12.8. The lowest BCUT2D eigenvalue weighted by Crippen LogP contribution is -2.55. The molecule has 2 nitrogen and oxygen atoms in total. The van der Waals surface area contributed by atoms with E-state index in [4.69, 9.17) is 0 Å². The van der Waals surface area contributed by atoms with Crippen molar-refractivity contribution in [3.05, 3.63) is 35.4 Å². The van der Waals surface area contributed by atoms with Gasteiger partial charge in [0.25, 0.3) is 0 Å². The Morgan fingerprint density at radius 3 is 2.65 bits per heavy atom. The van der Waals surface area contributed by atoms with Crippen molar-refractivity contribution in [3.8, 4) is 0 Å². The zero-order valence-electron chi connectivity index (χ0n) is 12.8. The molecule has 110 valence electrons. The second-order valence-corrected chi connectivity index (χ2v) is 7.09. The quantitative estimate of drug-likeness (QED) is 0.911. The molecule has 0 aliphatic carbocycles. The molecule has 3 heterocycles. The van der Waals surface area contributed by atoms with Gasteiger partial charge in [0.15, 0.2) is 0 Å². The van der Waals surface area contributed by atoms with Crippen LogP contribution in [0.15, 0.2) is 24.3 Å². The predicted molar refractivity (Wildman–Crippen MR) is 82.8 cm³/mol. The standard InChI is InChI=1S/C18H27NO/c1-14-4-3-5-15(12-14)6-9-18(2,20)17-13-19-10-7-16(17)8-11-19/h3-5,12,16-17,20H,6-11,13H2,1-2H3. The summed E-state index contributed by atoms with van der Waals surface area (Å²) in [6.45, 7) is 7.79. The highest BCUT2D eigenvalue weighted by atomic mass is 16.3. The Balaban J connectivity index is 1.63. The fraction of sp³-hybridized carbons (Fsp3) is 0.667. The Morgan fingerprint density at radius 2 is 2.05 bits per heavy atom. The lowest BCUT2D eigenvalue weighted by Gasteiger charge is -2.50. The molecule has 2 unspecified atom stereocenters. The molecular weight excluding hydrogens is 246 g/mol. The molecule has 0 radical (unpaired) electrons. The molecule has 3 fully saturated rings. The molecular formula is C18H27NO. The first kappa shape index (κ1) is 14.1. The highest BCUT2D eigenvalue weighted by molar-refractivity contribution is 5.22. The van der Waals surface area contributed by atoms with Gasteiger partial charge in [-0.2, -0.15) is 0 Å². The first-order valence-electron chi connectivity index (χ1n) is 8.05. The Hall–Kier alpha value is -0.860. The van der Waals surface area contributed by atoms with Crippen molar-refractivity contribution >= 4 is 0 Å². The molecule has 2 atom stereocenters. The number of hydrogen-bond acceptors (Lipinski definition) is 2. The third-order valence-electron chi connectivity index (χ3n) is 5.46. The van der Waals surface area contributed by atoms with Crippen LogP contribution >= 0.6 is 0 Å². The highest BCUT2D eigenvalue weighted by Gasteiger charge is 2.43. The van der Waals surface area contributed by atoms with Gasteiger partial charge in [-0.3, -0.25) is 0 Å². The third-order valence-corrected chi connectivity index (χ3v) is 5.46. The van der Waals surface area contributed by atoms with E-state index in [9.17, 15) is 5.11 Å². The van der Waals surface area contributed by atoms with Crippen molar-refractivity contribution in [1.29, 1.82) is 0 Å². The van der Waals surface area contributed by atoms with E-state index in [0.717, 1.165) is 25.3 Å². The molecule has 4 rings (SSSR count). The van der Waals surface area contributed by atoms with Gasteiger partial charge in [0.1, 0.15) is 0 Å². The van der Waals surface area contributed by atoms with Crippen LogP contribution in [0.1, 0.15) is 37.3 Å². The maximum absolute atomic E-state index is 11.0. The predicted octanol–water partition coefficient (Wildman–Crippen LogP) is 3.02. The summed E-state index contributed by atoms with van der Waals surface area (Å²) in [4.78, 5) is 2.53. The van der Waals surface area contributed by atoms with Crippen LogP contribution in [-0.2, 0) is 6.42 Å². The Kier molecular flexibility index (Phi) is 3.87. The van der Waals surface area contributed by atoms with Crippen LogP contribution in [0.3, 0.4) is 0 Å². The normalized spacial score (nSPS) is 32.0. The first-order valence-corrected chi connectivity index (χ1v) is 8.05. The minimum Gasteiger partial charge on any atom is -0.390 e. The number of nitrogens with zero attached hydrogens (tertiary/aromatic N) is 1. The van der Waals surface area contributed by atoms with E-state index in [1.165, 1.54) is 37.1 Å². The number of fused-ring (bicyclic) bond motifs is 3. The lowest BCUT2D eigenvalue weighted by atomic mass is 9.69. The highest BCUT2D eigenvalue weighted by Crippen LogP contribution is 2.40. The van der Waals surface area contributed by atoms with Gasteiger partial charge in [0.05, 0.1) is 5.60 Å². The summed E-state index contributed by atoms with van der Waals surface area (Å²) in [6, 6.07) is 8.68. The lowest BCUT2D eigenvalue weighted by molar-refractivity contribution is -0.0892. The Morgan fingerprint density at radius 1 is 1.30 bits per heavy atom. The average molecular weight is 273 g/mol. The zero-order chi connectivity index (χ0) is 14.2. The topological polar surface area (TPSA) is 23.5 Å². The number of aliphatic hydroxyl groups is 1. The second kappa shape index (κ2) is 5.50. The molecule has 0 aromatic heterocycles. The Bertz CT molecular complexity index is 460. The Labute approximate surface area is 122 Å². The molecule has 0 saturated carbocycles. The van der Waals surface area contributed by atoms with Crippen molar-refractivity contribution in [3.63, 3.8) is 0 Å². The number of aryl methyl sites for hydroxylation is 2. The van der Waals surface area contributed by atoms with Crippen molar-refractivity contribution in [2.45, 2.75) is 45.1 Å². The van der Waals surface area contributed by atoms with Crippen LogP contribution < -0.4 is 0 Å². The van der Waals surface area contributed by atoms with Gasteiger partial charge in [0.2, 0.25) is 0 Å². The fourth-order valence-electron chi connectivity index (χ4n) is 4.12. The molecule has 2 heteroatoms. The van der Waals surface area contributed by atoms with Crippen LogP contribution in [0.25, 0.3) is 0 Å². The molecule has 0 amide bonds. The van der Waals surface area contributed by atoms with E-state index in [2.05, 4.69) is 43.0 Å².